The highest BCUT2D eigenvalue weighted by Gasteiger charge is 2.02. The number of hydrogen-bond donors (Lipinski definition) is 1. The molecule has 4 heteroatoms. The number of aryl methyl sites for hydroxylation is 3. The predicted molar refractivity (Wildman–Crippen MR) is 62.9 cm³/mol. The molecule has 0 unspecified atom stereocenters. The second-order valence-electron chi connectivity index (χ2n) is 3.41. The van der Waals surface area contributed by atoms with Crippen LogP contribution >= 0.6 is 11.3 Å². The summed E-state index contributed by atoms with van der Waals surface area (Å²) in [5, 5.41) is 3.21. The van der Waals surface area contributed by atoms with Crippen LogP contribution < -0.4 is 5.73 Å². The summed E-state index contributed by atoms with van der Waals surface area (Å²) in [6.07, 6.45) is 3.55. The summed E-state index contributed by atoms with van der Waals surface area (Å²) in [5.41, 5.74) is 8.00. The van der Waals surface area contributed by atoms with E-state index in [1.54, 1.807) is 17.5 Å². The Morgan fingerprint density at radius 2 is 2.27 bits per heavy atom. The molecule has 0 aromatic carbocycles. The molecular formula is C11H13N3S. The lowest BCUT2D eigenvalue weighted by Crippen LogP contribution is -1.99. The summed E-state index contributed by atoms with van der Waals surface area (Å²) in [6, 6.07) is 3.93. The van der Waals surface area contributed by atoms with E-state index in [-0.39, 0.29) is 0 Å². The molecule has 0 amide bonds. The predicted octanol–water partition coefficient (Wildman–Crippen LogP) is 2.21. The molecule has 0 spiro atoms. The SMILES string of the molecule is Cc1nc(CCc2cccnc2N)cs1. The number of nitrogen functional groups attached to an aromatic ring is 1. The number of aromatic nitrogens is 2. The second kappa shape index (κ2) is 4.40. The van der Waals surface area contributed by atoms with Crippen LogP contribution in [0.4, 0.5) is 5.82 Å². The van der Waals surface area contributed by atoms with Crippen LogP contribution in [-0.2, 0) is 12.8 Å². The van der Waals surface area contributed by atoms with E-state index in [0.717, 1.165) is 29.1 Å². The monoisotopic (exact) mass is 219 g/mol. The van der Waals surface area contributed by atoms with Crippen LogP contribution in [0.15, 0.2) is 23.7 Å². The largest absolute Gasteiger partial charge is 0.383 e. The Kier molecular flexibility index (Phi) is 2.97. The van der Waals surface area contributed by atoms with Crippen LogP contribution in [-0.4, -0.2) is 9.97 Å². The zero-order valence-electron chi connectivity index (χ0n) is 8.60. The number of thiazole rings is 1. The highest BCUT2D eigenvalue weighted by molar-refractivity contribution is 7.09. The van der Waals surface area contributed by atoms with Gasteiger partial charge in [-0.3, -0.25) is 0 Å². The number of nitrogens with zero attached hydrogens (tertiary/aromatic N) is 2. The average molecular weight is 219 g/mol. The molecule has 0 saturated carbocycles. The van der Waals surface area contributed by atoms with Gasteiger partial charge in [0.25, 0.3) is 0 Å². The van der Waals surface area contributed by atoms with E-state index in [1.165, 1.54) is 0 Å². The van der Waals surface area contributed by atoms with Gasteiger partial charge >= 0.3 is 0 Å². The van der Waals surface area contributed by atoms with E-state index in [0.29, 0.717) is 5.82 Å². The highest BCUT2D eigenvalue weighted by Crippen LogP contribution is 2.13. The molecule has 2 rings (SSSR count). The zero-order chi connectivity index (χ0) is 10.7. The topological polar surface area (TPSA) is 51.8 Å². The van der Waals surface area contributed by atoms with E-state index < -0.39 is 0 Å². The van der Waals surface area contributed by atoms with E-state index in [2.05, 4.69) is 15.3 Å². The van der Waals surface area contributed by atoms with Gasteiger partial charge in [0.05, 0.1) is 10.7 Å². The van der Waals surface area contributed by atoms with Gasteiger partial charge in [-0.2, -0.15) is 0 Å². The van der Waals surface area contributed by atoms with Gasteiger partial charge in [-0.15, -0.1) is 11.3 Å². The first-order valence-corrected chi connectivity index (χ1v) is 5.74. The molecule has 0 fully saturated rings. The summed E-state index contributed by atoms with van der Waals surface area (Å²) in [7, 11) is 0. The highest BCUT2D eigenvalue weighted by atomic mass is 32.1. The lowest BCUT2D eigenvalue weighted by Gasteiger charge is -2.01. The first-order chi connectivity index (χ1) is 7.25. The standard InChI is InChI=1S/C11H13N3S/c1-8-14-10(7-15-8)5-4-9-3-2-6-13-11(9)12/h2-3,6-7H,4-5H2,1H3,(H2,12,13). The van der Waals surface area contributed by atoms with Gasteiger partial charge in [0.15, 0.2) is 0 Å². The first-order valence-electron chi connectivity index (χ1n) is 4.86. The van der Waals surface area contributed by atoms with E-state index in [1.807, 2.05) is 19.1 Å². The van der Waals surface area contributed by atoms with Crippen LogP contribution in [0.25, 0.3) is 0 Å². The molecule has 0 aliphatic carbocycles. The Hall–Kier alpha value is -1.42. The third-order valence-corrected chi connectivity index (χ3v) is 3.07. The maximum atomic E-state index is 5.76. The summed E-state index contributed by atoms with van der Waals surface area (Å²) in [5.74, 6) is 0.629. The van der Waals surface area contributed by atoms with Crippen LogP contribution in [0, 0.1) is 6.92 Å². The van der Waals surface area contributed by atoms with E-state index >= 15 is 0 Å². The van der Waals surface area contributed by atoms with Crippen molar-refractivity contribution in [2.75, 3.05) is 5.73 Å². The molecule has 0 aliphatic rings. The van der Waals surface area contributed by atoms with Crippen molar-refractivity contribution in [1.82, 2.24) is 9.97 Å². The van der Waals surface area contributed by atoms with Gasteiger partial charge in [-0.05, 0) is 31.4 Å². The van der Waals surface area contributed by atoms with Gasteiger partial charge in [0.1, 0.15) is 5.82 Å². The van der Waals surface area contributed by atoms with Gasteiger partial charge < -0.3 is 5.73 Å². The summed E-state index contributed by atoms with van der Waals surface area (Å²) in [6.45, 7) is 2.02. The fourth-order valence-electron chi connectivity index (χ4n) is 1.45. The quantitative estimate of drug-likeness (QED) is 0.861. The molecule has 0 aliphatic heterocycles. The zero-order valence-corrected chi connectivity index (χ0v) is 9.42. The summed E-state index contributed by atoms with van der Waals surface area (Å²) < 4.78 is 0. The Bertz CT molecular complexity index is 451. The molecule has 2 N–H and O–H groups in total. The Balaban J connectivity index is 2.02. The second-order valence-corrected chi connectivity index (χ2v) is 4.47. The van der Waals surface area contributed by atoms with Crippen molar-refractivity contribution < 1.29 is 0 Å². The molecule has 78 valence electrons. The number of rotatable bonds is 3. The molecule has 15 heavy (non-hydrogen) atoms. The van der Waals surface area contributed by atoms with Crippen molar-refractivity contribution in [1.29, 1.82) is 0 Å². The van der Waals surface area contributed by atoms with Crippen LogP contribution in [0.3, 0.4) is 0 Å². The Morgan fingerprint density at radius 3 is 2.93 bits per heavy atom. The number of pyridine rings is 1. The van der Waals surface area contributed by atoms with Crippen molar-refractivity contribution in [2.45, 2.75) is 19.8 Å². The number of nitrogens with two attached hydrogens (primary N) is 1. The maximum Gasteiger partial charge on any atom is 0.126 e. The summed E-state index contributed by atoms with van der Waals surface area (Å²) in [4.78, 5) is 8.47. The molecular weight excluding hydrogens is 206 g/mol. The van der Waals surface area contributed by atoms with Crippen molar-refractivity contribution in [2.24, 2.45) is 0 Å². The van der Waals surface area contributed by atoms with Gasteiger partial charge in [0.2, 0.25) is 0 Å². The number of hydrogen-bond acceptors (Lipinski definition) is 4. The Morgan fingerprint density at radius 1 is 1.40 bits per heavy atom. The fourth-order valence-corrected chi connectivity index (χ4v) is 2.10. The van der Waals surface area contributed by atoms with Crippen molar-refractivity contribution in [3.8, 4) is 0 Å². The van der Waals surface area contributed by atoms with Crippen LogP contribution in [0.2, 0.25) is 0 Å². The van der Waals surface area contributed by atoms with Crippen molar-refractivity contribution in [3.63, 3.8) is 0 Å². The molecule has 3 nitrogen and oxygen atoms in total. The lowest BCUT2D eigenvalue weighted by atomic mass is 10.1. The van der Waals surface area contributed by atoms with E-state index in [9.17, 15) is 0 Å². The molecule has 2 aromatic heterocycles. The van der Waals surface area contributed by atoms with Crippen LogP contribution in [0.5, 0.6) is 0 Å². The van der Waals surface area contributed by atoms with Crippen LogP contribution in [0.1, 0.15) is 16.3 Å². The Labute approximate surface area is 93.0 Å². The average Bonchev–Trinajstić information content (AvgIpc) is 2.63. The van der Waals surface area contributed by atoms with Gasteiger partial charge in [-0.25, -0.2) is 9.97 Å². The van der Waals surface area contributed by atoms with Crippen molar-refractivity contribution in [3.05, 3.63) is 40.0 Å². The van der Waals surface area contributed by atoms with Gasteiger partial charge in [0, 0.05) is 11.6 Å². The first kappa shape index (κ1) is 10.1. The molecule has 0 atom stereocenters. The molecule has 0 bridgehead atoms. The number of anilines is 1. The lowest BCUT2D eigenvalue weighted by molar-refractivity contribution is 0.916. The van der Waals surface area contributed by atoms with Crippen molar-refractivity contribution >= 4 is 17.2 Å². The smallest absolute Gasteiger partial charge is 0.126 e. The molecule has 2 aromatic rings. The summed E-state index contributed by atoms with van der Waals surface area (Å²) >= 11 is 1.69. The minimum Gasteiger partial charge on any atom is -0.383 e. The third-order valence-electron chi connectivity index (χ3n) is 2.24. The minimum atomic E-state index is 0.629. The fraction of sp³-hybridized carbons (Fsp3) is 0.273. The van der Waals surface area contributed by atoms with Gasteiger partial charge in [-0.1, -0.05) is 6.07 Å². The normalized spacial score (nSPS) is 10.5. The maximum absolute atomic E-state index is 5.76. The minimum absolute atomic E-state index is 0.629. The molecule has 0 saturated heterocycles. The third kappa shape index (κ3) is 2.53. The molecule has 0 radical (unpaired) electrons. The van der Waals surface area contributed by atoms with E-state index in [4.69, 9.17) is 5.73 Å². The molecule has 2 heterocycles.